The Morgan fingerprint density at radius 2 is 1.46 bits per heavy atom. The van der Waals surface area contributed by atoms with Crippen molar-refractivity contribution in [2.24, 2.45) is 16.8 Å². The van der Waals surface area contributed by atoms with Gasteiger partial charge in [0.25, 0.3) is 0 Å². The van der Waals surface area contributed by atoms with Crippen LogP contribution in [-0.2, 0) is 19.1 Å². The monoisotopic (exact) mass is 799 g/mol. The van der Waals surface area contributed by atoms with Gasteiger partial charge in [0.05, 0.1) is 40.5 Å². The molecule has 0 spiro atoms. The molecule has 296 valence electrons. The number of imidazole rings is 1. The third-order valence-corrected chi connectivity index (χ3v) is 13.2. The van der Waals surface area contributed by atoms with Crippen LogP contribution in [0, 0.1) is 11.8 Å². The Bertz CT molecular complexity index is 2170. The van der Waals surface area contributed by atoms with E-state index in [1.807, 2.05) is 38.8 Å². The number of aromatic nitrogens is 2. The molecule has 4 amide bonds. The number of nitrogens with one attached hydrogen (secondary N) is 3. The summed E-state index contributed by atoms with van der Waals surface area (Å²) >= 11 is 3.46. The number of aliphatic hydroxyl groups is 1. The molecule has 2 fully saturated rings. The number of carbonyl (C=O) groups excluding carboxylic acids is 4. The normalized spacial score (nSPS) is 19.4. The first kappa shape index (κ1) is 39.4. The van der Waals surface area contributed by atoms with Crippen molar-refractivity contribution in [2.45, 2.75) is 84.0 Å². The number of amides is 4. The summed E-state index contributed by atoms with van der Waals surface area (Å²) in [5, 5.41) is 19.1. The number of aliphatic imine (C=N–C) groups is 1. The lowest BCUT2D eigenvalue weighted by molar-refractivity contribution is -0.139. The number of H-pyrrole nitrogens is 1. The number of alkyl carbamates (subject to hydrolysis) is 1. The van der Waals surface area contributed by atoms with Crippen LogP contribution in [0.5, 0.6) is 0 Å². The maximum Gasteiger partial charge on any atom is 0.407 e. The Balaban J connectivity index is 1.02. The van der Waals surface area contributed by atoms with Crippen LogP contribution in [0.3, 0.4) is 0 Å². The quantitative estimate of drug-likeness (QED) is 0.129. The zero-order valence-corrected chi connectivity index (χ0v) is 34.0. The molecule has 0 saturated carbocycles. The van der Waals surface area contributed by atoms with Crippen LogP contribution in [0.4, 0.5) is 4.79 Å². The molecule has 0 radical (unpaired) electrons. The molecular weight excluding hydrogens is 751 g/mol. The molecule has 6 heterocycles. The lowest BCUT2D eigenvalue weighted by Gasteiger charge is -2.31. The predicted octanol–water partition coefficient (Wildman–Crippen LogP) is 6.37. The minimum Gasteiger partial charge on any atom is -0.453 e. The second-order valence-electron chi connectivity index (χ2n) is 15.4. The van der Waals surface area contributed by atoms with Gasteiger partial charge in [-0.1, -0.05) is 52.0 Å². The van der Waals surface area contributed by atoms with Gasteiger partial charge in [0.1, 0.15) is 24.5 Å². The molecule has 56 heavy (non-hydrogen) atoms. The molecule has 4 N–H and O–H groups in total. The number of rotatable bonds is 12. The minimum atomic E-state index is -0.720. The SMILES string of the molecule is COC(=O)N[C@H](C(=O)N1CCCC1C1=NC=C(c2csc3c(-c4ccc(-c5cnc(C6CCCN6C(=O)[C@@H](NC(=O)CO)C(C)C)[nH]5)cc4)csc23)C1)C(C)C. The van der Waals surface area contributed by atoms with Crippen LogP contribution in [-0.4, -0.2) is 99.3 Å². The van der Waals surface area contributed by atoms with Crippen LogP contribution in [0.2, 0.25) is 0 Å². The van der Waals surface area contributed by atoms with Gasteiger partial charge in [-0.25, -0.2) is 9.78 Å². The number of aromatic amines is 1. The van der Waals surface area contributed by atoms with Gasteiger partial charge in [0, 0.05) is 53.3 Å². The molecule has 3 aromatic heterocycles. The van der Waals surface area contributed by atoms with E-state index in [0.717, 1.165) is 53.8 Å². The van der Waals surface area contributed by atoms with Gasteiger partial charge >= 0.3 is 6.09 Å². The smallest absolute Gasteiger partial charge is 0.407 e. The van der Waals surface area contributed by atoms with Gasteiger partial charge < -0.3 is 35.3 Å². The Hall–Kier alpha value is -4.86. The topological polar surface area (TPSA) is 169 Å². The first-order valence-corrected chi connectivity index (χ1v) is 21.0. The average Bonchev–Trinajstić information content (AvgIpc) is 4.04. The van der Waals surface area contributed by atoms with Gasteiger partial charge in [-0.15, -0.1) is 22.7 Å². The highest BCUT2D eigenvalue weighted by atomic mass is 32.1. The van der Waals surface area contributed by atoms with Crippen molar-refractivity contribution in [3.8, 4) is 22.4 Å². The second kappa shape index (κ2) is 16.7. The minimum absolute atomic E-state index is 0.0875. The number of thiophene rings is 2. The van der Waals surface area contributed by atoms with Crippen LogP contribution < -0.4 is 10.6 Å². The third-order valence-electron chi connectivity index (χ3n) is 11.0. The van der Waals surface area contributed by atoms with Gasteiger partial charge in [0.15, 0.2) is 0 Å². The number of hydrogen-bond acceptors (Lipinski definition) is 10. The van der Waals surface area contributed by atoms with E-state index in [0.29, 0.717) is 25.3 Å². The largest absolute Gasteiger partial charge is 0.453 e. The van der Waals surface area contributed by atoms with Crippen molar-refractivity contribution in [1.29, 1.82) is 0 Å². The molecule has 2 saturated heterocycles. The molecule has 3 aliphatic rings. The van der Waals surface area contributed by atoms with E-state index in [1.165, 1.54) is 27.6 Å². The second-order valence-corrected chi connectivity index (χ2v) is 17.1. The molecule has 4 aromatic rings. The lowest BCUT2D eigenvalue weighted by atomic mass is 9.98. The summed E-state index contributed by atoms with van der Waals surface area (Å²) in [7, 11) is 1.30. The molecule has 2 unspecified atom stereocenters. The molecule has 0 aliphatic carbocycles. The van der Waals surface area contributed by atoms with Gasteiger partial charge in [-0.3, -0.25) is 19.4 Å². The van der Waals surface area contributed by atoms with E-state index in [1.54, 1.807) is 33.8 Å². The van der Waals surface area contributed by atoms with Crippen LogP contribution in [0.15, 0.2) is 52.4 Å². The first-order valence-electron chi connectivity index (χ1n) is 19.2. The highest BCUT2D eigenvalue weighted by Crippen LogP contribution is 2.44. The van der Waals surface area contributed by atoms with E-state index in [4.69, 9.17) is 9.73 Å². The van der Waals surface area contributed by atoms with Gasteiger partial charge in [0.2, 0.25) is 17.7 Å². The van der Waals surface area contributed by atoms with Gasteiger partial charge in [-0.05, 0) is 54.2 Å². The van der Waals surface area contributed by atoms with Crippen LogP contribution in [0.1, 0.15) is 77.2 Å². The van der Waals surface area contributed by atoms with Crippen molar-refractivity contribution < 1.29 is 29.0 Å². The van der Waals surface area contributed by atoms with E-state index in [9.17, 15) is 24.3 Å². The van der Waals surface area contributed by atoms with E-state index in [2.05, 4.69) is 55.6 Å². The van der Waals surface area contributed by atoms with Crippen LogP contribution >= 0.6 is 22.7 Å². The number of likely N-dealkylation sites (tertiary alicyclic amines) is 2. The number of carbonyl (C=O) groups is 4. The number of nitrogens with zero attached hydrogens (tertiary/aromatic N) is 4. The van der Waals surface area contributed by atoms with E-state index >= 15 is 0 Å². The number of allylic oxidation sites excluding steroid dienone is 1. The number of ether oxygens (including phenoxy) is 1. The van der Waals surface area contributed by atoms with Crippen molar-refractivity contribution >= 4 is 67.2 Å². The Morgan fingerprint density at radius 3 is 2.11 bits per heavy atom. The summed E-state index contributed by atoms with van der Waals surface area (Å²) in [6.45, 7) is 8.15. The molecule has 13 nitrogen and oxygen atoms in total. The highest BCUT2D eigenvalue weighted by Gasteiger charge is 2.39. The fraction of sp³-hybridized carbons (Fsp3) is 0.463. The average molecular weight is 800 g/mol. The van der Waals surface area contributed by atoms with Crippen molar-refractivity contribution in [1.82, 2.24) is 30.4 Å². The number of hydrogen-bond donors (Lipinski definition) is 4. The third kappa shape index (κ3) is 7.76. The summed E-state index contributed by atoms with van der Waals surface area (Å²) < 4.78 is 7.23. The zero-order valence-electron chi connectivity index (χ0n) is 32.3. The maximum atomic E-state index is 13.6. The number of benzene rings is 1. The molecule has 3 aliphatic heterocycles. The fourth-order valence-electron chi connectivity index (χ4n) is 8.02. The Kier molecular flexibility index (Phi) is 11.7. The number of fused-ring (bicyclic) bond motifs is 1. The number of aliphatic hydroxyl groups excluding tert-OH is 1. The summed E-state index contributed by atoms with van der Waals surface area (Å²) in [5.41, 5.74) is 7.45. The zero-order chi connectivity index (χ0) is 39.7. The predicted molar refractivity (Wildman–Crippen MR) is 219 cm³/mol. The Morgan fingerprint density at radius 1 is 0.875 bits per heavy atom. The molecular formula is C41H49N7O6S2. The molecule has 1 aromatic carbocycles. The van der Waals surface area contributed by atoms with Crippen molar-refractivity contribution in [2.75, 3.05) is 26.8 Å². The summed E-state index contributed by atoms with van der Waals surface area (Å²) in [6, 6.07) is 6.71. The molecule has 0 bridgehead atoms. The van der Waals surface area contributed by atoms with Crippen LogP contribution in [0.25, 0.3) is 37.4 Å². The van der Waals surface area contributed by atoms with Crippen molar-refractivity contribution in [3.05, 3.63) is 58.8 Å². The molecule has 15 heteroatoms. The summed E-state index contributed by atoms with van der Waals surface area (Å²) in [5.74, 6) is -0.334. The first-order chi connectivity index (χ1) is 27.0. The fourth-order valence-corrected chi connectivity index (χ4v) is 10.5. The van der Waals surface area contributed by atoms with Crippen molar-refractivity contribution in [3.63, 3.8) is 0 Å². The standard InChI is InChI=1S/C41H49N7O6S2/c1-22(2)34(45-33(50)19-49)39(51)48-15-7-9-32(48)38-43-18-30(44-38)25-12-10-24(11-13-25)27-20-55-37-28(21-56-36(27)37)26-16-29(42-17-26)31-8-6-14-47(31)40(52)35(23(3)4)46-41(53)54-5/h10-13,17-18,20-23,31-32,34-35,49H,6-9,14-16,19H2,1-5H3,(H,43,44)(H,45,50)(H,46,53)/t31?,32?,34-,35-/m0/s1. The lowest BCUT2D eigenvalue weighted by Crippen LogP contribution is -2.53. The summed E-state index contributed by atoms with van der Waals surface area (Å²) in [4.78, 5) is 67.8. The van der Waals surface area contributed by atoms with Gasteiger partial charge in [-0.2, -0.15) is 0 Å². The van der Waals surface area contributed by atoms with E-state index < -0.39 is 30.7 Å². The highest BCUT2D eigenvalue weighted by molar-refractivity contribution is 7.27. The molecule has 7 rings (SSSR count). The Labute approximate surface area is 334 Å². The number of methoxy groups -OCH3 is 1. The molecule has 4 atom stereocenters. The van der Waals surface area contributed by atoms with E-state index in [-0.39, 0.29) is 35.7 Å². The maximum absolute atomic E-state index is 13.6. The summed E-state index contributed by atoms with van der Waals surface area (Å²) in [6.07, 6.45) is 7.17.